The van der Waals surface area contributed by atoms with E-state index in [1.165, 1.54) is 0 Å². The van der Waals surface area contributed by atoms with Gasteiger partial charge in [-0.2, -0.15) is 0 Å². The summed E-state index contributed by atoms with van der Waals surface area (Å²) in [5.41, 5.74) is 4.02. The first-order valence-electron chi connectivity index (χ1n) is 5.97. The lowest BCUT2D eigenvalue weighted by molar-refractivity contribution is 0.103. The lowest BCUT2D eigenvalue weighted by atomic mass is 9.99. The number of ketones is 1. The molecule has 1 aliphatic carbocycles. The summed E-state index contributed by atoms with van der Waals surface area (Å²) in [7, 11) is 0. The highest BCUT2D eigenvalue weighted by Gasteiger charge is 2.23. The maximum absolute atomic E-state index is 12.5. The second-order valence-corrected chi connectivity index (χ2v) is 4.41. The summed E-state index contributed by atoms with van der Waals surface area (Å²) in [5, 5.41) is 0. The molecule has 3 heteroatoms. The van der Waals surface area contributed by atoms with Crippen molar-refractivity contribution in [1.82, 2.24) is 4.98 Å². The van der Waals surface area contributed by atoms with Crippen LogP contribution in [0.15, 0.2) is 41.2 Å². The van der Waals surface area contributed by atoms with Gasteiger partial charge in [0.05, 0.1) is 5.69 Å². The highest BCUT2D eigenvalue weighted by Crippen LogP contribution is 2.27. The molecule has 0 aliphatic heterocycles. The summed E-state index contributed by atoms with van der Waals surface area (Å²) < 4.78 is 0. The van der Waals surface area contributed by atoms with Crippen LogP contribution in [-0.4, -0.2) is 17.5 Å². The molecule has 0 spiro atoms. The van der Waals surface area contributed by atoms with Crippen molar-refractivity contribution in [1.29, 1.82) is 0 Å². The zero-order chi connectivity index (χ0) is 13.1. The molecular formula is C15H16N2O. The van der Waals surface area contributed by atoms with Gasteiger partial charge in [-0.15, -0.1) is 6.58 Å². The molecule has 2 rings (SSSR count). The van der Waals surface area contributed by atoms with Gasteiger partial charge in [0.1, 0.15) is 0 Å². The SMILES string of the molecule is C=CCC1=C(N=C)CCc2ncc(C)cc2C1=O. The smallest absolute Gasteiger partial charge is 0.192 e. The van der Waals surface area contributed by atoms with Crippen molar-refractivity contribution in [2.45, 2.75) is 26.2 Å². The number of carbonyl (C=O) groups excluding carboxylic acids is 1. The third kappa shape index (κ3) is 2.16. The Morgan fingerprint density at radius 1 is 1.50 bits per heavy atom. The number of carbonyl (C=O) groups is 1. The summed E-state index contributed by atoms with van der Waals surface area (Å²) in [5.74, 6) is 0.0148. The number of Topliss-reactive ketones (excluding diaryl/α,β-unsaturated/α-hetero) is 1. The summed E-state index contributed by atoms with van der Waals surface area (Å²) in [6, 6.07) is 1.90. The number of fused-ring (bicyclic) bond motifs is 1. The second kappa shape index (κ2) is 5.08. The van der Waals surface area contributed by atoms with Crippen LogP contribution in [0, 0.1) is 6.92 Å². The number of nitrogens with zero attached hydrogens (tertiary/aromatic N) is 2. The number of aromatic nitrogens is 1. The molecule has 1 aromatic rings. The van der Waals surface area contributed by atoms with Gasteiger partial charge in [0.15, 0.2) is 5.78 Å². The van der Waals surface area contributed by atoms with Crippen LogP contribution >= 0.6 is 0 Å². The molecule has 0 aromatic carbocycles. The Balaban J connectivity index is 2.56. The van der Waals surface area contributed by atoms with Crippen LogP contribution in [0.3, 0.4) is 0 Å². The number of aryl methyl sites for hydroxylation is 2. The molecule has 92 valence electrons. The topological polar surface area (TPSA) is 42.3 Å². The van der Waals surface area contributed by atoms with Crippen molar-refractivity contribution in [3.8, 4) is 0 Å². The minimum Gasteiger partial charge on any atom is -0.289 e. The van der Waals surface area contributed by atoms with Crippen LogP contribution in [0.1, 0.15) is 34.5 Å². The molecule has 0 bridgehead atoms. The van der Waals surface area contributed by atoms with Gasteiger partial charge in [0.25, 0.3) is 0 Å². The summed E-state index contributed by atoms with van der Waals surface area (Å²) in [6.45, 7) is 9.20. The Bertz CT molecular complexity index is 556. The van der Waals surface area contributed by atoms with Crippen molar-refractivity contribution in [3.05, 3.63) is 53.0 Å². The maximum Gasteiger partial charge on any atom is 0.192 e. The summed E-state index contributed by atoms with van der Waals surface area (Å²) >= 11 is 0. The summed E-state index contributed by atoms with van der Waals surface area (Å²) in [4.78, 5) is 20.9. The first-order chi connectivity index (χ1) is 8.67. The molecule has 1 heterocycles. The molecule has 0 saturated carbocycles. The van der Waals surface area contributed by atoms with Crippen LogP contribution in [0.25, 0.3) is 0 Å². The first-order valence-corrected chi connectivity index (χ1v) is 5.97. The van der Waals surface area contributed by atoms with Crippen molar-refractivity contribution in [2.24, 2.45) is 4.99 Å². The van der Waals surface area contributed by atoms with Crippen LogP contribution in [0.4, 0.5) is 0 Å². The average Bonchev–Trinajstić information content (AvgIpc) is 2.49. The van der Waals surface area contributed by atoms with E-state index in [-0.39, 0.29) is 5.78 Å². The monoisotopic (exact) mass is 240 g/mol. The molecule has 1 aliphatic rings. The third-order valence-electron chi connectivity index (χ3n) is 3.11. The number of pyridine rings is 1. The molecule has 0 amide bonds. The fourth-order valence-electron chi connectivity index (χ4n) is 2.20. The van der Waals surface area contributed by atoms with Gasteiger partial charge in [-0.3, -0.25) is 14.8 Å². The van der Waals surface area contributed by atoms with Gasteiger partial charge in [0.2, 0.25) is 0 Å². The van der Waals surface area contributed by atoms with Crippen molar-refractivity contribution in [2.75, 3.05) is 0 Å². The molecule has 18 heavy (non-hydrogen) atoms. The molecule has 0 unspecified atom stereocenters. The number of hydrogen-bond donors (Lipinski definition) is 0. The van der Waals surface area contributed by atoms with E-state index in [4.69, 9.17) is 0 Å². The van der Waals surface area contributed by atoms with Crippen LogP contribution < -0.4 is 0 Å². The number of rotatable bonds is 3. The predicted molar refractivity (Wildman–Crippen MR) is 73.0 cm³/mol. The number of aliphatic imine (C=N–C) groups is 1. The zero-order valence-corrected chi connectivity index (χ0v) is 10.6. The minimum atomic E-state index is 0.0148. The van der Waals surface area contributed by atoms with Crippen LogP contribution in [-0.2, 0) is 6.42 Å². The van der Waals surface area contributed by atoms with E-state index in [1.54, 1.807) is 12.3 Å². The van der Waals surface area contributed by atoms with Crippen molar-refractivity contribution < 1.29 is 4.79 Å². The molecule has 0 saturated heterocycles. The highest BCUT2D eigenvalue weighted by molar-refractivity contribution is 6.10. The number of hydrogen-bond acceptors (Lipinski definition) is 3. The quantitative estimate of drug-likeness (QED) is 0.602. The molecule has 3 nitrogen and oxygen atoms in total. The fourth-order valence-corrected chi connectivity index (χ4v) is 2.20. The average molecular weight is 240 g/mol. The minimum absolute atomic E-state index is 0.0148. The van der Waals surface area contributed by atoms with E-state index >= 15 is 0 Å². The van der Waals surface area contributed by atoms with E-state index in [0.29, 0.717) is 24.0 Å². The Morgan fingerprint density at radius 2 is 2.28 bits per heavy atom. The molecule has 0 atom stereocenters. The molecule has 0 fully saturated rings. The first kappa shape index (κ1) is 12.4. The highest BCUT2D eigenvalue weighted by atomic mass is 16.1. The van der Waals surface area contributed by atoms with Gasteiger partial charge in [-0.25, -0.2) is 0 Å². The van der Waals surface area contributed by atoms with Crippen molar-refractivity contribution in [3.63, 3.8) is 0 Å². The normalized spacial score (nSPS) is 15.1. The molecule has 0 N–H and O–H groups in total. The Hall–Kier alpha value is -2.03. The van der Waals surface area contributed by atoms with E-state index in [2.05, 4.69) is 23.3 Å². The Morgan fingerprint density at radius 3 is 2.94 bits per heavy atom. The van der Waals surface area contributed by atoms with Gasteiger partial charge in [-0.05, 0) is 44.5 Å². The molecule has 1 aromatic heterocycles. The lowest BCUT2D eigenvalue weighted by Gasteiger charge is -2.06. The largest absolute Gasteiger partial charge is 0.289 e. The molecule has 0 radical (unpaired) electrons. The standard InChI is InChI=1S/C15H16N2O/c1-4-5-11-13(16-3)6-7-14-12(15(11)18)8-10(2)9-17-14/h4,8-9H,1,3,5-7H2,2H3. The predicted octanol–water partition coefficient (Wildman–Crippen LogP) is 3.05. The van der Waals surface area contributed by atoms with E-state index in [1.807, 2.05) is 13.0 Å². The summed E-state index contributed by atoms with van der Waals surface area (Å²) in [6.07, 6.45) is 5.50. The Labute approximate surface area is 107 Å². The zero-order valence-electron chi connectivity index (χ0n) is 10.6. The lowest BCUT2D eigenvalue weighted by Crippen LogP contribution is -2.07. The van der Waals surface area contributed by atoms with Gasteiger partial charge < -0.3 is 0 Å². The van der Waals surface area contributed by atoms with Gasteiger partial charge >= 0.3 is 0 Å². The van der Waals surface area contributed by atoms with E-state index < -0.39 is 0 Å². The Kier molecular flexibility index (Phi) is 3.51. The molecular weight excluding hydrogens is 224 g/mol. The second-order valence-electron chi connectivity index (χ2n) is 4.41. The van der Waals surface area contributed by atoms with E-state index in [0.717, 1.165) is 23.4 Å². The maximum atomic E-state index is 12.5. The van der Waals surface area contributed by atoms with Gasteiger partial charge in [-0.1, -0.05) is 6.08 Å². The van der Waals surface area contributed by atoms with Gasteiger partial charge in [0, 0.05) is 23.0 Å². The third-order valence-corrected chi connectivity index (χ3v) is 3.11. The van der Waals surface area contributed by atoms with Crippen LogP contribution in [0.2, 0.25) is 0 Å². The van der Waals surface area contributed by atoms with Crippen molar-refractivity contribution >= 4 is 12.5 Å². The van der Waals surface area contributed by atoms with Crippen LogP contribution in [0.5, 0.6) is 0 Å². The number of allylic oxidation sites excluding steroid dienone is 3. The van der Waals surface area contributed by atoms with E-state index in [9.17, 15) is 4.79 Å². The fraction of sp³-hybridized carbons (Fsp3) is 0.267.